The Balaban J connectivity index is 1.50. The fourth-order valence-electron chi connectivity index (χ4n) is 3.70. The van der Waals surface area contributed by atoms with E-state index in [1.54, 1.807) is 42.5 Å². The zero-order valence-corrected chi connectivity index (χ0v) is 15.6. The van der Waals surface area contributed by atoms with Crippen LogP contribution in [-0.4, -0.2) is 30.0 Å². The molecule has 4 rings (SSSR count). The Morgan fingerprint density at radius 2 is 1.66 bits per heavy atom. The van der Waals surface area contributed by atoms with Gasteiger partial charge in [-0.3, -0.25) is 19.2 Å². The van der Waals surface area contributed by atoms with Crippen LogP contribution in [0, 0.1) is 5.92 Å². The zero-order chi connectivity index (χ0) is 20.4. The van der Waals surface area contributed by atoms with Gasteiger partial charge in [0.25, 0.3) is 5.91 Å². The standard InChI is InChI=1S/C23H19NO5/c25-19(13-29-23(28)14-7-2-1-3-8-14)24-18-12-6-11-17-20(18)22(27)16-10-5-4-9-15(16)21(17)26/h1-2,4-6,9-12,14H,3,7-8,13H2,(H,24,25)/t14-/m0/s1. The van der Waals surface area contributed by atoms with E-state index in [-0.39, 0.29) is 34.3 Å². The summed E-state index contributed by atoms with van der Waals surface area (Å²) in [5, 5.41) is 2.61. The average molecular weight is 389 g/mol. The average Bonchev–Trinajstić information content (AvgIpc) is 2.76. The lowest BCUT2D eigenvalue weighted by molar-refractivity contribution is -0.151. The molecule has 0 bridgehead atoms. The van der Waals surface area contributed by atoms with Crippen molar-refractivity contribution >= 4 is 29.1 Å². The molecule has 29 heavy (non-hydrogen) atoms. The maximum Gasteiger partial charge on any atom is 0.309 e. The minimum Gasteiger partial charge on any atom is -0.455 e. The number of hydrogen-bond donors (Lipinski definition) is 1. The van der Waals surface area contributed by atoms with E-state index in [1.807, 2.05) is 12.2 Å². The number of hydrogen-bond acceptors (Lipinski definition) is 5. The van der Waals surface area contributed by atoms with E-state index in [0.717, 1.165) is 6.42 Å². The van der Waals surface area contributed by atoms with Gasteiger partial charge >= 0.3 is 5.97 Å². The maximum absolute atomic E-state index is 12.9. The lowest BCUT2D eigenvalue weighted by atomic mass is 9.83. The zero-order valence-electron chi connectivity index (χ0n) is 15.6. The molecule has 6 nitrogen and oxygen atoms in total. The lowest BCUT2D eigenvalue weighted by Gasteiger charge is -2.20. The van der Waals surface area contributed by atoms with Crippen LogP contribution in [0.1, 0.15) is 51.1 Å². The molecule has 2 aliphatic carbocycles. The van der Waals surface area contributed by atoms with Crippen LogP contribution in [0.3, 0.4) is 0 Å². The van der Waals surface area contributed by atoms with Gasteiger partial charge in [-0.05, 0) is 25.3 Å². The summed E-state index contributed by atoms with van der Waals surface area (Å²) >= 11 is 0. The van der Waals surface area contributed by atoms with Crippen molar-refractivity contribution in [3.8, 4) is 0 Å². The van der Waals surface area contributed by atoms with E-state index in [9.17, 15) is 19.2 Å². The number of ketones is 2. The van der Waals surface area contributed by atoms with Crippen molar-refractivity contribution in [2.24, 2.45) is 5.92 Å². The van der Waals surface area contributed by atoms with Crippen LogP contribution in [0.15, 0.2) is 54.6 Å². The molecule has 1 N–H and O–H groups in total. The highest BCUT2D eigenvalue weighted by Gasteiger charge is 2.31. The number of ether oxygens (including phenoxy) is 1. The molecule has 0 aliphatic heterocycles. The second-order valence-electron chi connectivity index (χ2n) is 7.07. The predicted octanol–water partition coefficient (Wildman–Crippen LogP) is 3.30. The third-order valence-electron chi connectivity index (χ3n) is 5.17. The van der Waals surface area contributed by atoms with E-state index < -0.39 is 18.5 Å². The highest BCUT2D eigenvalue weighted by Crippen LogP contribution is 2.31. The van der Waals surface area contributed by atoms with Gasteiger partial charge in [-0.15, -0.1) is 0 Å². The summed E-state index contributed by atoms with van der Waals surface area (Å²) in [5.41, 5.74) is 1.30. The van der Waals surface area contributed by atoms with Crippen molar-refractivity contribution in [2.45, 2.75) is 19.3 Å². The van der Waals surface area contributed by atoms with Crippen molar-refractivity contribution in [3.05, 3.63) is 76.9 Å². The summed E-state index contributed by atoms with van der Waals surface area (Å²) in [7, 11) is 0. The number of esters is 1. The molecule has 0 radical (unpaired) electrons. The minimum atomic E-state index is -0.558. The van der Waals surface area contributed by atoms with Gasteiger partial charge in [-0.1, -0.05) is 48.6 Å². The number of rotatable bonds is 4. The second kappa shape index (κ2) is 7.83. The van der Waals surface area contributed by atoms with Gasteiger partial charge in [-0.25, -0.2) is 0 Å². The third kappa shape index (κ3) is 3.61. The van der Waals surface area contributed by atoms with Crippen molar-refractivity contribution in [1.82, 2.24) is 0 Å². The fraction of sp³-hybridized carbons (Fsp3) is 0.217. The van der Waals surface area contributed by atoms with Gasteiger partial charge in [0, 0.05) is 16.7 Å². The first-order valence-corrected chi connectivity index (χ1v) is 9.49. The van der Waals surface area contributed by atoms with E-state index in [1.165, 1.54) is 0 Å². The third-order valence-corrected chi connectivity index (χ3v) is 5.17. The van der Waals surface area contributed by atoms with Crippen molar-refractivity contribution in [1.29, 1.82) is 0 Å². The van der Waals surface area contributed by atoms with Crippen molar-refractivity contribution < 1.29 is 23.9 Å². The Labute approximate surface area is 167 Å². The van der Waals surface area contributed by atoms with Crippen LogP contribution in [0.4, 0.5) is 5.69 Å². The molecule has 1 atom stereocenters. The van der Waals surface area contributed by atoms with E-state index in [2.05, 4.69) is 5.32 Å². The van der Waals surface area contributed by atoms with Crippen LogP contribution in [0.2, 0.25) is 0 Å². The topological polar surface area (TPSA) is 89.5 Å². The van der Waals surface area contributed by atoms with Crippen LogP contribution < -0.4 is 5.32 Å². The molecule has 0 heterocycles. The minimum absolute atomic E-state index is 0.160. The van der Waals surface area contributed by atoms with Gasteiger partial charge in [0.1, 0.15) is 0 Å². The van der Waals surface area contributed by atoms with Gasteiger partial charge < -0.3 is 10.1 Å². The quantitative estimate of drug-likeness (QED) is 0.546. The highest BCUT2D eigenvalue weighted by atomic mass is 16.5. The van der Waals surface area contributed by atoms with Gasteiger partial charge in [0.05, 0.1) is 17.2 Å². The molecule has 0 fully saturated rings. The molecule has 0 spiro atoms. The largest absolute Gasteiger partial charge is 0.455 e. The molecule has 0 saturated carbocycles. The first kappa shape index (κ1) is 18.8. The van der Waals surface area contributed by atoms with Crippen molar-refractivity contribution in [2.75, 3.05) is 11.9 Å². The molecule has 6 heteroatoms. The van der Waals surface area contributed by atoms with Crippen LogP contribution >= 0.6 is 0 Å². The molecular weight excluding hydrogens is 370 g/mol. The van der Waals surface area contributed by atoms with Crippen LogP contribution in [0.5, 0.6) is 0 Å². The Kier molecular flexibility index (Phi) is 5.08. The van der Waals surface area contributed by atoms with Gasteiger partial charge in [0.2, 0.25) is 0 Å². The first-order chi connectivity index (χ1) is 14.1. The summed E-state index contributed by atoms with van der Waals surface area (Å²) in [5.74, 6) is -1.77. The second-order valence-corrected chi connectivity index (χ2v) is 7.07. The van der Waals surface area contributed by atoms with E-state index >= 15 is 0 Å². The molecule has 2 aromatic carbocycles. The number of fused-ring (bicyclic) bond motifs is 2. The number of allylic oxidation sites excluding steroid dienone is 2. The van der Waals surface area contributed by atoms with E-state index in [0.29, 0.717) is 24.0 Å². The number of carbonyl (C=O) groups excluding carboxylic acids is 4. The Bertz CT molecular complexity index is 1050. The molecule has 146 valence electrons. The first-order valence-electron chi connectivity index (χ1n) is 9.49. The van der Waals surface area contributed by atoms with Gasteiger partial charge in [0.15, 0.2) is 18.2 Å². The smallest absolute Gasteiger partial charge is 0.309 e. The maximum atomic E-state index is 12.9. The fourth-order valence-corrected chi connectivity index (χ4v) is 3.70. The molecule has 2 aliphatic rings. The summed E-state index contributed by atoms with van der Waals surface area (Å²) in [6.45, 7) is -0.443. The summed E-state index contributed by atoms with van der Waals surface area (Å²) in [6, 6.07) is 11.3. The Morgan fingerprint density at radius 1 is 0.931 bits per heavy atom. The van der Waals surface area contributed by atoms with Crippen LogP contribution in [0.25, 0.3) is 0 Å². The Morgan fingerprint density at radius 3 is 2.38 bits per heavy atom. The molecule has 0 unspecified atom stereocenters. The number of amides is 1. The molecule has 0 saturated heterocycles. The number of anilines is 1. The van der Waals surface area contributed by atoms with Crippen LogP contribution in [-0.2, 0) is 14.3 Å². The monoisotopic (exact) mass is 389 g/mol. The number of benzene rings is 2. The molecule has 1 amide bonds. The predicted molar refractivity (Wildman–Crippen MR) is 106 cm³/mol. The molecule has 2 aromatic rings. The lowest BCUT2D eigenvalue weighted by Crippen LogP contribution is -2.27. The number of nitrogens with one attached hydrogen (secondary N) is 1. The summed E-state index contributed by atoms with van der Waals surface area (Å²) in [6.07, 6.45) is 6.10. The molecular formula is C23H19NO5. The normalized spacial score (nSPS) is 17.3. The Hall–Kier alpha value is -3.54. The SMILES string of the molecule is O=C(COC(=O)[C@H]1CC=CCC1)Nc1cccc2c1C(=O)c1ccccc1C2=O. The van der Waals surface area contributed by atoms with Gasteiger partial charge in [-0.2, -0.15) is 0 Å². The summed E-state index contributed by atoms with van der Waals surface area (Å²) in [4.78, 5) is 50.1. The number of carbonyl (C=O) groups is 4. The summed E-state index contributed by atoms with van der Waals surface area (Å²) < 4.78 is 5.13. The van der Waals surface area contributed by atoms with Crippen molar-refractivity contribution in [3.63, 3.8) is 0 Å². The highest BCUT2D eigenvalue weighted by molar-refractivity contribution is 6.30. The molecule has 0 aromatic heterocycles. The van der Waals surface area contributed by atoms with E-state index in [4.69, 9.17) is 4.74 Å².